The molecule has 8 nitrogen and oxygen atoms in total. The van der Waals surface area contributed by atoms with Gasteiger partial charge < -0.3 is 24.4 Å². The lowest BCUT2D eigenvalue weighted by Crippen LogP contribution is -2.53. The molecule has 0 spiro atoms. The Morgan fingerprint density at radius 1 is 1.23 bits per heavy atom. The van der Waals surface area contributed by atoms with E-state index < -0.39 is 5.60 Å². The quantitative estimate of drug-likeness (QED) is 0.854. The summed E-state index contributed by atoms with van der Waals surface area (Å²) in [4.78, 5) is 34.3. The number of imidazole rings is 1. The Balaban J connectivity index is 1.54. The number of carbonyl (C=O) groups excluding carboxylic acids is 2. The standard InChI is InChI=1S/C18H29N5O3/c1-20(2)17(25)23-8-3-4-15(12-23)16(24)22-9-5-18(26,6-10-22)13-21-11-7-19-14-21/h7,11,14-15,26H,3-6,8-10,12-13H2,1-2H3/t15-/m1/s1. The largest absolute Gasteiger partial charge is 0.388 e. The summed E-state index contributed by atoms with van der Waals surface area (Å²) in [6.45, 7) is 2.82. The van der Waals surface area contributed by atoms with Crippen molar-refractivity contribution in [1.82, 2.24) is 24.3 Å². The highest BCUT2D eigenvalue weighted by atomic mass is 16.3. The summed E-state index contributed by atoms with van der Waals surface area (Å²) in [5, 5.41) is 10.8. The average Bonchev–Trinajstić information content (AvgIpc) is 3.13. The van der Waals surface area contributed by atoms with Gasteiger partial charge in [0.25, 0.3) is 0 Å². The summed E-state index contributed by atoms with van der Waals surface area (Å²) >= 11 is 0. The van der Waals surface area contributed by atoms with Crippen LogP contribution in [0.2, 0.25) is 0 Å². The molecule has 0 bridgehead atoms. The van der Waals surface area contributed by atoms with Gasteiger partial charge in [0.05, 0.1) is 24.4 Å². The van der Waals surface area contributed by atoms with E-state index in [-0.39, 0.29) is 17.9 Å². The molecule has 8 heteroatoms. The minimum absolute atomic E-state index is 0.0316. The molecule has 0 aliphatic carbocycles. The number of nitrogens with zero attached hydrogens (tertiary/aromatic N) is 5. The first-order valence-corrected chi connectivity index (χ1v) is 9.31. The first-order valence-electron chi connectivity index (χ1n) is 9.31. The van der Waals surface area contributed by atoms with E-state index in [1.807, 2.05) is 15.7 Å². The maximum Gasteiger partial charge on any atom is 0.319 e. The van der Waals surface area contributed by atoms with Gasteiger partial charge >= 0.3 is 6.03 Å². The summed E-state index contributed by atoms with van der Waals surface area (Å²) in [6.07, 6.45) is 8.04. The van der Waals surface area contributed by atoms with Gasteiger partial charge in [-0.1, -0.05) is 0 Å². The van der Waals surface area contributed by atoms with Crippen LogP contribution in [-0.4, -0.2) is 87.2 Å². The van der Waals surface area contributed by atoms with Crippen LogP contribution >= 0.6 is 0 Å². The molecule has 3 heterocycles. The highest BCUT2D eigenvalue weighted by Gasteiger charge is 2.37. The number of amides is 3. The van der Waals surface area contributed by atoms with Gasteiger partial charge in [0.2, 0.25) is 5.91 Å². The smallest absolute Gasteiger partial charge is 0.319 e. The second kappa shape index (κ2) is 7.65. The molecule has 26 heavy (non-hydrogen) atoms. The summed E-state index contributed by atoms with van der Waals surface area (Å²) in [6, 6.07) is -0.0316. The van der Waals surface area contributed by atoms with Crippen molar-refractivity contribution in [3.05, 3.63) is 18.7 Å². The van der Waals surface area contributed by atoms with Gasteiger partial charge in [-0.25, -0.2) is 9.78 Å². The molecule has 0 saturated carbocycles. The third-order valence-corrected chi connectivity index (χ3v) is 5.47. The summed E-state index contributed by atoms with van der Waals surface area (Å²) in [5.74, 6) is -0.0153. The van der Waals surface area contributed by atoms with Gasteiger partial charge in [-0.2, -0.15) is 0 Å². The molecule has 2 aliphatic heterocycles. The van der Waals surface area contributed by atoms with Crippen LogP contribution in [0.4, 0.5) is 4.79 Å². The first-order chi connectivity index (χ1) is 12.4. The lowest BCUT2D eigenvalue weighted by Gasteiger charge is -2.41. The van der Waals surface area contributed by atoms with Crippen LogP contribution in [0.15, 0.2) is 18.7 Å². The van der Waals surface area contributed by atoms with Crippen molar-refractivity contribution in [2.75, 3.05) is 40.3 Å². The lowest BCUT2D eigenvalue weighted by atomic mass is 9.89. The molecule has 2 aliphatic rings. The fourth-order valence-electron chi connectivity index (χ4n) is 3.92. The molecule has 2 fully saturated rings. The SMILES string of the molecule is CN(C)C(=O)N1CCC[C@@H](C(=O)N2CCC(O)(Cn3ccnc3)CC2)C1. The Bertz CT molecular complexity index is 623. The van der Waals surface area contributed by atoms with Gasteiger partial charge in [0.1, 0.15) is 0 Å². The Morgan fingerprint density at radius 2 is 1.96 bits per heavy atom. The van der Waals surface area contributed by atoms with Gasteiger partial charge in [0.15, 0.2) is 0 Å². The molecule has 0 aromatic carbocycles. The van der Waals surface area contributed by atoms with Gasteiger partial charge in [-0.15, -0.1) is 0 Å². The number of hydrogen-bond donors (Lipinski definition) is 1. The predicted molar refractivity (Wildman–Crippen MR) is 96.4 cm³/mol. The number of hydrogen-bond acceptors (Lipinski definition) is 4. The zero-order chi connectivity index (χ0) is 18.7. The molecule has 1 atom stereocenters. The van der Waals surface area contributed by atoms with Crippen LogP contribution in [0.1, 0.15) is 25.7 Å². The van der Waals surface area contributed by atoms with Crippen molar-refractivity contribution < 1.29 is 14.7 Å². The number of urea groups is 1. The first kappa shape index (κ1) is 18.7. The van der Waals surface area contributed by atoms with Crippen LogP contribution in [0.5, 0.6) is 0 Å². The van der Waals surface area contributed by atoms with Gasteiger partial charge in [-0.3, -0.25) is 4.79 Å². The highest BCUT2D eigenvalue weighted by Crippen LogP contribution is 2.27. The van der Waals surface area contributed by atoms with E-state index in [0.29, 0.717) is 45.6 Å². The topological polar surface area (TPSA) is 81.9 Å². The Kier molecular flexibility index (Phi) is 5.50. The van der Waals surface area contributed by atoms with E-state index in [9.17, 15) is 14.7 Å². The number of aliphatic hydroxyl groups is 1. The fraction of sp³-hybridized carbons (Fsp3) is 0.722. The fourth-order valence-corrected chi connectivity index (χ4v) is 3.92. The molecule has 1 aromatic rings. The average molecular weight is 363 g/mol. The molecule has 2 saturated heterocycles. The Labute approximate surface area is 154 Å². The summed E-state index contributed by atoms with van der Waals surface area (Å²) in [7, 11) is 3.47. The van der Waals surface area contributed by atoms with Crippen LogP contribution in [0.25, 0.3) is 0 Å². The third-order valence-electron chi connectivity index (χ3n) is 5.47. The summed E-state index contributed by atoms with van der Waals surface area (Å²) < 4.78 is 1.88. The number of piperidine rings is 2. The lowest BCUT2D eigenvalue weighted by molar-refractivity contribution is -0.141. The maximum absolute atomic E-state index is 12.9. The monoisotopic (exact) mass is 363 g/mol. The molecule has 3 rings (SSSR count). The van der Waals surface area contributed by atoms with E-state index in [4.69, 9.17) is 0 Å². The molecule has 1 aromatic heterocycles. The molecular formula is C18H29N5O3. The van der Waals surface area contributed by atoms with Crippen molar-refractivity contribution in [1.29, 1.82) is 0 Å². The molecule has 1 N–H and O–H groups in total. The zero-order valence-electron chi connectivity index (χ0n) is 15.7. The maximum atomic E-state index is 12.9. The van der Waals surface area contributed by atoms with Crippen molar-refractivity contribution in [2.24, 2.45) is 5.92 Å². The van der Waals surface area contributed by atoms with Crippen molar-refractivity contribution >= 4 is 11.9 Å². The molecule has 0 radical (unpaired) electrons. The number of carbonyl (C=O) groups is 2. The van der Waals surface area contributed by atoms with E-state index in [2.05, 4.69) is 4.98 Å². The van der Waals surface area contributed by atoms with Gasteiger partial charge in [0, 0.05) is 52.7 Å². The van der Waals surface area contributed by atoms with Crippen LogP contribution < -0.4 is 0 Å². The highest BCUT2D eigenvalue weighted by molar-refractivity contribution is 5.81. The number of likely N-dealkylation sites (tertiary alicyclic amines) is 2. The number of rotatable bonds is 3. The van der Waals surface area contributed by atoms with E-state index in [1.54, 1.807) is 36.4 Å². The van der Waals surface area contributed by atoms with Crippen LogP contribution in [0, 0.1) is 5.92 Å². The van der Waals surface area contributed by atoms with E-state index >= 15 is 0 Å². The summed E-state index contributed by atoms with van der Waals surface area (Å²) in [5.41, 5.74) is -0.795. The normalized spacial score (nSPS) is 23.0. The van der Waals surface area contributed by atoms with Crippen molar-refractivity contribution in [2.45, 2.75) is 37.8 Å². The minimum Gasteiger partial charge on any atom is -0.388 e. The number of aromatic nitrogens is 2. The second-order valence-corrected chi connectivity index (χ2v) is 7.75. The molecule has 144 valence electrons. The zero-order valence-corrected chi connectivity index (χ0v) is 15.7. The van der Waals surface area contributed by atoms with Gasteiger partial charge in [-0.05, 0) is 25.7 Å². The van der Waals surface area contributed by atoms with E-state index in [0.717, 1.165) is 12.8 Å². The van der Waals surface area contributed by atoms with Crippen molar-refractivity contribution in [3.8, 4) is 0 Å². The Morgan fingerprint density at radius 3 is 2.58 bits per heavy atom. The molecular weight excluding hydrogens is 334 g/mol. The predicted octanol–water partition coefficient (Wildman–Crippen LogP) is 0.630. The van der Waals surface area contributed by atoms with Crippen LogP contribution in [0.3, 0.4) is 0 Å². The molecule has 3 amide bonds. The van der Waals surface area contributed by atoms with Crippen molar-refractivity contribution in [3.63, 3.8) is 0 Å². The van der Waals surface area contributed by atoms with E-state index in [1.165, 1.54) is 0 Å². The Hall–Kier alpha value is -2.09. The minimum atomic E-state index is -0.795. The third kappa shape index (κ3) is 4.17. The second-order valence-electron chi connectivity index (χ2n) is 7.75. The van der Waals surface area contributed by atoms with Crippen LogP contribution in [-0.2, 0) is 11.3 Å². The molecule has 0 unspecified atom stereocenters.